The van der Waals surface area contributed by atoms with Crippen LogP contribution in [0.4, 0.5) is 0 Å². The molecule has 3 rings (SSSR count). The van der Waals surface area contributed by atoms with Crippen LogP contribution in [0.25, 0.3) is 0 Å². The van der Waals surface area contributed by atoms with Gasteiger partial charge in [-0.1, -0.05) is 41.4 Å². The Labute approximate surface area is 192 Å². The van der Waals surface area contributed by atoms with Crippen LogP contribution in [-0.2, 0) is 16.4 Å². The van der Waals surface area contributed by atoms with E-state index in [9.17, 15) is 18.3 Å². The maximum Gasteiger partial charge on any atom is 0.163 e. The molecule has 168 valence electrons. The molecule has 2 aromatic carbocycles. The van der Waals surface area contributed by atoms with Crippen LogP contribution in [0.15, 0.2) is 42.5 Å². The number of aliphatic hydroxyl groups is 1. The monoisotopic (exact) mass is 485 g/mol. The van der Waals surface area contributed by atoms with Gasteiger partial charge in [-0.2, -0.15) is 0 Å². The molecule has 1 heterocycles. The summed E-state index contributed by atoms with van der Waals surface area (Å²) in [6.45, 7) is 1.99. The van der Waals surface area contributed by atoms with Gasteiger partial charge in [-0.05, 0) is 43.2 Å². The Kier molecular flexibility index (Phi) is 7.99. The summed E-state index contributed by atoms with van der Waals surface area (Å²) in [6, 6.07) is 11.8. The highest BCUT2D eigenvalue weighted by atomic mass is 35.5. The van der Waals surface area contributed by atoms with Crippen LogP contribution in [0.3, 0.4) is 0 Å². The Morgan fingerprint density at radius 2 is 2.00 bits per heavy atom. The van der Waals surface area contributed by atoms with Gasteiger partial charge >= 0.3 is 0 Å². The van der Waals surface area contributed by atoms with Crippen molar-refractivity contribution >= 4 is 38.8 Å². The number of Topliss-reactive ketones (excluding diaryl/α,β-unsaturated/α-hetero) is 1. The van der Waals surface area contributed by atoms with Crippen molar-refractivity contribution in [1.82, 2.24) is 4.90 Å². The number of sulfone groups is 1. The Morgan fingerprint density at radius 1 is 1.26 bits per heavy atom. The number of carbonyl (C=O) groups excluding carboxylic acids is 1. The fraction of sp³-hybridized carbons (Fsp3) is 0.409. The third-order valence-corrected chi connectivity index (χ3v) is 7.59. The number of halogens is 2. The molecule has 0 aromatic heterocycles. The maximum atomic E-state index is 12.0. The highest BCUT2D eigenvalue weighted by molar-refractivity contribution is 7.91. The summed E-state index contributed by atoms with van der Waals surface area (Å²) in [6.07, 6.45) is -0.400. The van der Waals surface area contributed by atoms with Crippen molar-refractivity contribution < 1.29 is 23.1 Å². The Bertz CT molecular complexity index is 1040. The number of carbonyl (C=O) groups is 1. The first kappa shape index (κ1) is 24.0. The Balaban J connectivity index is 1.71. The van der Waals surface area contributed by atoms with Crippen LogP contribution in [0.5, 0.6) is 5.75 Å². The first-order chi connectivity index (χ1) is 14.6. The fourth-order valence-electron chi connectivity index (χ4n) is 3.67. The minimum absolute atomic E-state index is 0.0331. The summed E-state index contributed by atoms with van der Waals surface area (Å²) >= 11 is 12.3. The Morgan fingerprint density at radius 3 is 2.65 bits per heavy atom. The topological polar surface area (TPSA) is 83.9 Å². The van der Waals surface area contributed by atoms with E-state index in [2.05, 4.69) is 0 Å². The molecule has 0 saturated carbocycles. The molecule has 2 unspecified atom stereocenters. The molecule has 2 aromatic rings. The van der Waals surface area contributed by atoms with E-state index in [1.54, 1.807) is 42.5 Å². The van der Waals surface area contributed by atoms with Gasteiger partial charge in [0.25, 0.3) is 0 Å². The average Bonchev–Trinajstić information content (AvgIpc) is 3.07. The molecule has 1 saturated heterocycles. The molecular weight excluding hydrogens is 461 g/mol. The van der Waals surface area contributed by atoms with Gasteiger partial charge in [0.1, 0.15) is 18.5 Å². The van der Waals surface area contributed by atoms with Gasteiger partial charge < -0.3 is 9.84 Å². The van der Waals surface area contributed by atoms with Crippen molar-refractivity contribution in [2.24, 2.45) is 0 Å². The summed E-state index contributed by atoms with van der Waals surface area (Å²) in [5.41, 5.74) is 1.24. The fourth-order valence-corrected chi connectivity index (χ4v) is 5.90. The minimum Gasteiger partial charge on any atom is -0.490 e. The van der Waals surface area contributed by atoms with Crippen molar-refractivity contribution in [3.8, 4) is 5.75 Å². The van der Waals surface area contributed by atoms with Gasteiger partial charge in [0.2, 0.25) is 0 Å². The van der Waals surface area contributed by atoms with E-state index in [4.69, 9.17) is 27.9 Å². The van der Waals surface area contributed by atoms with Crippen molar-refractivity contribution in [3.05, 3.63) is 63.6 Å². The normalized spacial score (nSPS) is 18.8. The molecule has 1 N–H and O–H groups in total. The maximum absolute atomic E-state index is 12.0. The van der Waals surface area contributed by atoms with Crippen LogP contribution >= 0.6 is 23.2 Å². The molecule has 0 aliphatic carbocycles. The molecule has 1 aliphatic heterocycles. The molecule has 9 heteroatoms. The first-order valence-corrected chi connectivity index (χ1v) is 12.5. The van der Waals surface area contributed by atoms with Gasteiger partial charge in [0.05, 0.1) is 17.1 Å². The molecule has 1 aliphatic rings. The number of ketones is 1. The van der Waals surface area contributed by atoms with E-state index in [-0.39, 0.29) is 36.5 Å². The van der Waals surface area contributed by atoms with Crippen LogP contribution in [0.1, 0.15) is 29.3 Å². The van der Waals surface area contributed by atoms with Gasteiger partial charge in [0, 0.05) is 29.2 Å². The van der Waals surface area contributed by atoms with Crippen LogP contribution in [0, 0.1) is 0 Å². The van der Waals surface area contributed by atoms with Crippen LogP contribution in [-0.4, -0.2) is 61.0 Å². The summed E-state index contributed by atoms with van der Waals surface area (Å²) in [4.78, 5) is 13.7. The van der Waals surface area contributed by atoms with E-state index in [0.29, 0.717) is 34.3 Å². The molecule has 6 nitrogen and oxygen atoms in total. The molecule has 1 fully saturated rings. The number of ether oxygens (including phenoxy) is 1. The van der Waals surface area contributed by atoms with E-state index in [1.165, 1.54) is 6.92 Å². The zero-order chi connectivity index (χ0) is 22.6. The van der Waals surface area contributed by atoms with E-state index >= 15 is 0 Å². The van der Waals surface area contributed by atoms with Crippen molar-refractivity contribution in [2.45, 2.75) is 32.0 Å². The van der Waals surface area contributed by atoms with Gasteiger partial charge in [-0.25, -0.2) is 8.42 Å². The third kappa shape index (κ3) is 6.67. The standard InChI is InChI=1S/C22H25Cl2NO5S/c1-15(26)20-4-2-3-5-22(20)30-13-19(27)12-25(18-8-9-31(28,29)14-18)11-16-6-7-17(23)10-21(16)24/h2-7,10,18-19,27H,8-9,11-14H2,1H3. The molecule has 31 heavy (non-hydrogen) atoms. The molecule has 0 amide bonds. The molecular formula is C22H25Cl2NO5S. The lowest BCUT2D eigenvalue weighted by molar-refractivity contribution is 0.0521. The SMILES string of the molecule is CC(=O)c1ccccc1OCC(O)CN(Cc1ccc(Cl)cc1Cl)C1CCS(=O)(=O)C1. The lowest BCUT2D eigenvalue weighted by Gasteiger charge is -2.30. The van der Waals surface area contributed by atoms with E-state index in [1.807, 2.05) is 4.90 Å². The zero-order valence-electron chi connectivity index (χ0n) is 17.1. The molecule has 0 spiro atoms. The smallest absolute Gasteiger partial charge is 0.163 e. The molecule has 0 bridgehead atoms. The number of hydrogen-bond acceptors (Lipinski definition) is 6. The summed E-state index contributed by atoms with van der Waals surface area (Å²) in [5.74, 6) is 0.449. The minimum atomic E-state index is -3.10. The summed E-state index contributed by atoms with van der Waals surface area (Å²) in [7, 11) is -3.10. The van der Waals surface area contributed by atoms with Gasteiger partial charge in [0.15, 0.2) is 15.6 Å². The predicted molar refractivity (Wildman–Crippen MR) is 122 cm³/mol. The number of nitrogens with zero attached hydrogens (tertiary/aromatic N) is 1. The molecule has 2 atom stereocenters. The number of benzene rings is 2. The van der Waals surface area contributed by atoms with Crippen LogP contribution < -0.4 is 4.74 Å². The quantitative estimate of drug-likeness (QED) is 0.546. The number of rotatable bonds is 9. The largest absolute Gasteiger partial charge is 0.490 e. The van der Waals surface area contributed by atoms with Gasteiger partial charge in [-0.15, -0.1) is 0 Å². The van der Waals surface area contributed by atoms with E-state index in [0.717, 1.165) is 5.56 Å². The number of hydrogen-bond donors (Lipinski definition) is 1. The zero-order valence-corrected chi connectivity index (χ0v) is 19.5. The Hall–Kier alpha value is -1.64. The summed E-state index contributed by atoms with van der Waals surface area (Å²) in [5, 5.41) is 11.6. The van der Waals surface area contributed by atoms with Crippen molar-refractivity contribution in [2.75, 3.05) is 24.7 Å². The highest BCUT2D eigenvalue weighted by Gasteiger charge is 2.33. The first-order valence-electron chi connectivity index (χ1n) is 9.94. The van der Waals surface area contributed by atoms with Crippen molar-refractivity contribution in [3.63, 3.8) is 0 Å². The van der Waals surface area contributed by atoms with Gasteiger partial charge in [-0.3, -0.25) is 9.69 Å². The number of aliphatic hydroxyl groups excluding tert-OH is 1. The second-order valence-corrected chi connectivity index (χ2v) is 10.8. The predicted octanol–water partition coefficient (Wildman–Crippen LogP) is 3.63. The third-order valence-electron chi connectivity index (χ3n) is 5.26. The van der Waals surface area contributed by atoms with E-state index < -0.39 is 15.9 Å². The second-order valence-electron chi connectivity index (χ2n) is 7.74. The molecule has 0 radical (unpaired) electrons. The second kappa shape index (κ2) is 10.3. The highest BCUT2D eigenvalue weighted by Crippen LogP contribution is 2.26. The lowest BCUT2D eigenvalue weighted by atomic mass is 10.1. The average molecular weight is 486 g/mol. The summed E-state index contributed by atoms with van der Waals surface area (Å²) < 4.78 is 29.7. The number of para-hydroxylation sites is 1. The van der Waals surface area contributed by atoms with Crippen LogP contribution in [0.2, 0.25) is 10.0 Å². The van der Waals surface area contributed by atoms with Crippen molar-refractivity contribution in [1.29, 1.82) is 0 Å². The lowest BCUT2D eigenvalue weighted by Crippen LogP contribution is -2.42.